The molecule has 0 aliphatic carbocycles. The van der Waals surface area contributed by atoms with Gasteiger partial charge in [-0.1, -0.05) is 16.5 Å². The highest BCUT2D eigenvalue weighted by Crippen LogP contribution is 2.29. The van der Waals surface area contributed by atoms with Crippen molar-refractivity contribution in [3.8, 4) is 10.6 Å². The minimum Gasteiger partial charge on any atom is -0.380 e. The number of aromatic nitrogens is 5. The number of nitrogens with one attached hydrogen (secondary N) is 1. The minimum absolute atomic E-state index is 0.229. The standard InChI is InChI=1S/C18H18N6O3S/c1-9-7-12(17-22-24-11(3)20-21-18(24)28-17)5-6-14(9)19-16(25)15-13(8-26-4)10(2)27-23-15/h5-7H,8H2,1-4H3,(H,19,25). The van der Waals surface area contributed by atoms with Crippen LogP contribution in [0.2, 0.25) is 0 Å². The zero-order chi connectivity index (χ0) is 19.8. The smallest absolute Gasteiger partial charge is 0.278 e. The summed E-state index contributed by atoms with van der Waals surface area (Å²) in [5.41, 5.74) is 3.41. The normalized spacial score (nSPS) is 11.3. The minimum atomic E-state index is -0.339. The maximum absolute atomic E-state index is 12.6. The van der Waals surface area contributed by atoms with Crippen molar-refractivity contribution >= 4 is 27.9 Å². The molecule has 1 amide bonds. The van der Waals surface area contributed by atoms with Crippen molar-refractivity contribution in [2.24, 2.45) is 0 Å². The number of amides is 1. The van der Waals surface area contributed by atoms with Gasteiger partial charge in [-0.2, -0.15) is 9.61 Å². The van der Waals surface area contributed by atoms with Crippen molar-refractivity contribution in [2.45, 2.75) is 27.4 Å². The predicted molar refractivity (Wildman–Crippen MR) is 103 cm³/mol. The Bertz CT molecular complexity index is 1180. The van der Waals surface area contributed by atoms with E-state index in [4.69, 9.17) is 9.26 Å². The lowest BCUT2D eigenvalue weighted by molar-refractivity contribution is 0.101. The van der Waals surface area contributed by atoms with Gasteiger partial charge in [0.2, 0.25) is 4.96 Å². The Morgan fingerprint density at radius 2 is 2.11 bits per heavy atom. The molecule has 144 valence electrons. The van der Waals surface area contributed by atoms with Crippen molar-refractivity contribution in [1.29, 1.82) is 0 Å². The summed E-state index contributed by atoms with van der Waals surface area (Å²) >= 11 is 1.46. The average Bonchev–Trinajstić information content (AvgIpc) is 3.34. The quantitative estimate of drug-likeness (QED) is 0.550. The van der Waals surface area contributed by atoms with Gasteiger partial charge in [-0.3, -0.25) is 4.79 Å². The van der Waals surface area contributed by atoms with E-state index in [0.29, 0.717) is 17.0 Å². The Balaban J connectivity index is 1.59. The zero-order valence-electron chi connectivity index (χ0n) is 15.8. The van der Waals surface area contributed by atoms with Crippen molar-refractivity contribution in [1.82, 2.24) is 25.0 Å². The highest BCUT2D eigenvalue weighted by Gasteiger charge is 2.20. The average molecular weight is 398 g/mol. The van der Waals surface area contributed by atoms with E-state index in [1.165, 1.54) is 11.3 Å². The Morgan fingerprint density at radius 1 is 1.29 bits per heavy atom. The van der Waals surface area contributed by atoms with Crippen LogP contribution in [0.1, 0.15) is 33.2 Å². The van der Waals surface area contributed by atoms with Crippen LogP contribution in [-0.4, -0.2) is 38.0 Å². The second kappa shape index (κ2) is 7.13. The fraction of sp³-hybridized carbons (Fsp3) is 0.278. The van der Waals surface area contributed by atoms with Gasteiger partial charge in [0.05, 0.1) is 12.2 Å². The van der Waals surface area contributed by atoms with Crippen LogP contribution in [0.3, 0.4) is 0 Å². The number of nitrogens with zero attached hydrogens (tertiary/aromatic N) is 5. The molecule has 0 radical (unpaired) electrons. The van der Waals surface area contributed by atoms with E-state index in [9.17, 15) is 4.79 Å². The molecule has 0 aliphatic heterocycles. The molecule has 10 heteroatoms. The highest BCUT2D eigenvalue weighted by molar-refractivity contribution is 7.19. The summed E-state index contributed by atoms with van der Waals surface area (Å²) in [4.78, 5) is 13.4. The Labute approximate surface area is 164 Å². The van der Waals surface area contributed by atoms with E-state index in [-0.39, 0.29) is 18.2 Å². The molecule has 3 heterocycles. The molecule has 0 spiro atoms. The van der Waals surface area contributed by atoms with Gasteiger partial charge in [-0.05, 0) is 44.5 Å². The molecule has 1 N–H and O–H groups in total. The fourth-order valence-corrected chi connectivity index (χ4v) is 3.72. The number of carbonyl (C=O) groups is 1. The first-order valence-electron chi connectivity index (χ1n) is 8.53. The van der Waals surface area contributed by atoms with E-state index in [0.717, 1.165) is 26.9 Å². The first-order chi connectivity index (χ1) is 13.5. The predicted octanol–water partition coefficient (Wildman–Crippen LogP) is 3.16. The lowest BCUT2D eigenvalue weighted by Gasteiger charge is -2.09. The molecule has 0 bridgehead atoms. The number of ether oxygens (including phenoxy) is 1. The van der Waals surface area contributed by atoms with Crippen LogP contribution < -0.4 is 5.32 Å². The van der Waals surface area contributed by atoms with Crippen LogP contribution in [-0.2, 0) is 11.3 Å². The molecule has 4 aromatic rings. The van der Waals surface area contributed by atoms with Crippen LogP contribution in [0.15, 0.2) is 22.7 Å². The largest absolute Gasteiger partial charge is 0.380 e. The molecule has 9 nitrogen and oxygen atoms in total. The third kappa shape index (κ3) is 3.16. The van der Waals surface area contributed by atoms with Gasteiger partial charge >= 0.3 is 0 Å². The number of aryl methyl sites for hydroxylation is 3. The van der Waals surface area contributed by atoms with Gasteiger partial charge in [0.25, 0.3) is 5.91 Å². The van der Waals surface area contributed by atoms with E-state index in [1.54, 1.807) is 18.5 Å². The van der Waals surface area contributed by atoms with Crippen LogP contribution in [0.25, 0.3) is 15.5 Å². The van der Waals surface area contributed by atoms with E-state index >= 15 is 0 Å². The molecule has 0 saturated carbocycles. The van der Waals surface area contributed by atoms with Gasteiger partial charge in [-0.25, -0.2) is 0 Å². The maximum atomic E-state index is 12.6. The Kier molecular flexibility index (Phi) is 4.65. The van der Waals surface area contributed by atoms with E-state index < -0.39 is 0 Å². The van der Waals surface area contributed by atoms with Gasteiger partial charge in [0.15, 0.2) is 11.5 Å². The Hall–Kier alpha value is -3.11. The van der Waals surface area contributed by atoms with Gasteiger partial charge < -0.3 is 14.6 Å². The molecule has 1 aromatic carbocycles. The molecule has 28 heavy (non-hydrogen) atoms. The number of hydrogen-bond acceptors (Lipinski definition) is 8. The monoisotopic (exact) mass is 398 g/mol. The summed E-state index contributed by atoms with van der Waals surface area (Å²) in [6.07, 6.45) is 0. The molecular formula is C18H18N6O3S. The first-order valence-corrected chi connectivity index (χ1v) is 9.35. The third-order valence-corrected chi connectivity index (χ3v) is 5.30. The van der Waals surface area contributed by atoms with E-state index in [2.05, 4.69) is 25.8 Å². The number of fused-ring (bicyclic) bond motifs is 1. The molecule has 0 fully saturated rings. The summed E-state index contributed by atoms with van der Waals surface area (Å²) in [7, 11) is 1.56. The lowest BCUT2D eigenvalue weighted by Crippen LogP contribution is -2.15. The molecule has 0 saturated heterocycles. The van der Waals surface area contributed by atoms with Gasteiger partial charge in [0, 0.05) is 18.4 Å². The summed E-state index contributed by atoms with van der Waals surface area (Å²) < 4.78 is 12.0. The van der Waals surface area contributed by atoms with Crippen LogP contribution in [0.4, 0.5) is 5.69 Å². The van der Waals surface area contributed by atoms with Gasteiger partial charge in [0.1, 0.15) is 10.8 Å². The van der Waals surface area contributed by atoms with Crippen molar-refractivity contribution < 1.29 is 14.1 Å². The highest BCUT2D eigenvalue weighted by atomic mass is 32.1. The third-order valence-electron chi connectivity index (χ3n) is 4.36. The van der Waals surface area contributed by atoms with Crippen molar-refractivity contribution in [3.05, 3.63) is 46.6 Å². The number of rotatable bonds is 5. The number of carbonyl (C=O) groups excluding carboxylic acids is 1. The number of anilines is 1. The molecule has 4 rings (SSSR count). The topological polar surface area (TPSA) is 107 Å². The molecule has 0 atom stereocenters. The number of hydrogen-bond donors (Lipinski definition) is 1. The SMILES string of the molecule is COCc1c(C(=O)Nc2ccc(-c3nn4c(C)nnc4s3)cc2C)noc1C. The van der Waals surface area contributed by atoms with Crippen LogP contribution in [0.5, 0.6) is 0 Å². The zero-order valence-corrected chi connectivity index (χ0v) is 16.6. The maximum Gasteiger partial charge on any atom is 0.278 e. The number of methoxy groups -OCH3 is 1. The summed E-state index contributed by atoms with van der Waals surface area (Å²) in [5, 5.41) is 20.2. The summed E-state index contributed by atoms with van der Waals surface area (Å²) in [6.45, 7) is 5.79. The molecule has 0 unspecified atom stereocenters. The van der Waals surface area contributed by atoms with Crippen molar-refractivity contribution in [3.63, 3.8) is 0 Å². The summed E-state index contributed by atoms with van der Waals surface area (Å²) in [6, 6.07) is 5.73. The first kappa shape index (κ1) is 18.3. The second-order valence-corrected chi connectivity index (χ2v) is 7.29. The van der Waals surface area contributed by atoms with Crippen LogP contribution in [0, 0.1) is 20.8 Å². The second-order valence-electron chi connectivity index (χ2n) is 6.33. The van der Waals surface area contributed by atoms with Crippen molar-refractivity contribution in [2.75, 3.05) is 12.4 Å². The molecular weight excluding hydrogens is 380 g/mol. The summed E-state index contributed by atoms with van der Waals surface area (Å²) in [5.74, 6) is 0.972. The number of benzene rings is 1. The lowest BCUT2D eigenvalue weighted by atomic mass is 10.1. The van der Waals surface area contributed by atoms with E-state index in [1.807, 2.05) is 32.0 Å². The Morgan fingerprint density at radius 3 is 2.82 bits per heavy atom. The fourth-order valence-electron chi connectivity index (χ4n) is 2.83. The van der Waals surface area contributed by atoms with Gasteiger partial charge in [-0.15, -0.1) is 10.2 Å². The molecule has 0 aliphatic rings. The van der Waals surface area contributed by atoms with Crippen LogP contribution >= 0.6 is 11.3 Å². The molecule has 3 aromatic heterocycles.